The van der Waals surface area contributed by atoms with Gasteiger partial charge in [-0.05, 0) is 79.5 Å². The molecule has 0 bridgehead atoms. The molecule has 0 amide bonds. The maximum absolute atomic E-state index is 11.4. The van der Waals surface area contributed by atoms with Gasteiger partial charge in [0.2, 0.25) is 0 Å². The van der Waals surface area contributed by atoms with Crippen LogP contribution < -0.4 is 9.47 Å². The second kappa shape index (κ2) is 9.84. The van der Waals surface area contributed by atoms with Crippen LogP contribution in [0.1, 0.15) is 30.9 Å². The summed E-state index contributed by atoms with van der Waals surface area (Å²) in [5.74, 6) is 1.77. The third-order valence-electron chi connectivity index (χ3n) is 5.68. The third kappa shape index (κ3) is 5.56. The molecule has 1 N–H and O–H groups in total. The zero-order chi connectivity index (χ0) is 21.6. The predicted molar refractivity (Wildman–Crippen MR) is 122 cm³/mol. The van der Waals surface area contributed by atoms with E-state index in [0.29, 0.717) is 18.8 Å². The van der Waals surface area contributed by atoms with E-state index < -0.39 is 0 Å². The number of fused-ring (bicyclic) bond motifs is 1. The summed E-state index contributed by atoms with van der Waals surface area (Å²) in [4.78, 5) is 13.9. The van der Waals surface area contributed by atoms with Crippen LogP contribution in [0, 0.1) is 0 Å². The van der Waals surface area contributed by atoms with E-state index in [0.717, 1.165) is 34.2 Å². The highest BCUT2D eigenvalue weighted by molar-refractivity contribution is 5.89. The lowest BCUT2D eigenvalue weighted by atomic mass is 9.97. The van der Waals surface area contributed by atoms with Gasteiger partial charge in [-0.3, -0.25) is 9.69 Å². The first kappa shape index (κ1) is 21.2. The van der Waals surface area contributed by atoms with Crippen molar-refractivity contribution in [3.63, 3.8) is 0 Å². The fourth-order valence-electron chi connectivity index (χ4n) is 4.07. The van der Waals surface area contributed by atoms with Gasteiger partial charge in [-0.15, -0.1) is 0 Å². The van der Waals surface area contributed by atoms with Gasteiger partial charge in [0.25, 0.3) is 0 Å². The van der Waals surface area contributed by atoms with Crippen molar-refractivity contribution in [1.82, 2.24) is 4.90 Å². The van der Waals surface area contributed by atoms with E-state index in [-0.39, 0.29) is 18.1 Å². The SMILES string of the molecule is CC(=O)COc1ccc2cc(O)ccc2c1Cc1ccc(OCCN2CCCC2)cc1. The van der Waals surface area contributed by atoms with Gasteiger partial charge < -0.3 is 14.6 Å². The number of nitrogens with zero attached hydrogens (tertiary/aromatic N) is 1. The molecule has 5 nitrogen and oxygen atoms in total. The van der Waals surface area contributed by atoms with Crippen LogP contribution in [0.4, 0.5) is 0 Å². The van der Waals surface area contributed by atoms with Crippen molar-refractivity contribution in [3.05, 3.63) is 65.7 Å². The molecule has 0 unspecified atom stereocenters. The molecule has 1 fully saturated rings. The van der Waals surface area contributed by atoms with Gasteiger partial charge in [0.1, 0.15) is 30.5 Å². The van der Waals surface area contributed by atoms with Gasteiger partial charge in [-0.2, -0.15) is 0 Å². The number of hydrogen-bond donors (Lipinski definition) is 1. The minimum Gasteiger partial charge on any atom is -0.508 e. The fourth-order valence-corrected chi connectivity index (χ4v) is 4.07. The minimum atomic E-state index is -0.0211. The van der Waals surface area contributed by atoms with Gasteiger partial charge in [-0.25, -0.2) is 0 Å². The van der Waals surface area contributed by atoms with Crippen molar-refractivity contribution in [2.75, 3.05) is 32.8 Å². The molecular weight excluding hydrogens is 390 g/mol. The molecule has 4 rings (SSSR count). The number of phenols is 1. The first-order chi connectivity index (χ1) is 15.1. The Morgan fingerprint density at radius 1 is 1.00 bits per heavy atom. The van der Waals surface area contributed by atoms with Crippen LogP contribution in [0.5, 0.6) is 17.2 Å². The zero-order valence-corrected chi connectivity index (χ0v) is 18.0. The zero-order valence-electron chi connectivity index (χ0n) is 18.0. The topological polar surface area (TPSA) is 59.0 Å². The van der Waals surface area contributed by atoms with E-state index >= 15 is 0 Å². The summed E-state index contributed by atoms with van der Waals surface area (Å²) < 4.78 is 11.7. The number of rotatable bonds is 9. The molecule has 3 aromatic rings. The number of ketones is 1. The van der Waals surface area contributed by atoms with Crippen molar-refractivity contribution < 1.29 is 19.4 Å². The average Bonchev–Trinajstić information content (AvgIpc) is 3.27. The Morgan fingerprint density at radius 2 is 1.77 bits per heavy atom. The van der Waals surface area contributed by atoms with Crippen LogP contribution in [0.3, 0.4) is 0 Å². The van der Waals surface area contributed by atoms with Gasteiger partial charge in [0.05, 0.1) is 0 Å². The summed E-state index contributed by atoms with van der Waals surface area (Å²) >= 11 is 0. The van der Waals surface area contributed by atoms with E-state index in [2.05, 4.69) is 17.0 Å². The summed E-state index contributed by atoms with van der Waals surface area (Å²) in [5.41, 5.74) is 2.13. The molecule has 5 heteroatoms. The van der Waals surface area contributed by atoms with E-state index in [1.54, 1.807) is 12.1 Å². The predicted octanol–water partition coefficient (Wildman–Crippen LogP) is 4.58. The van der Waals surface area contributed by atoms with E-state index in [9.17, 15) is 9.90 Å². The molecular formula is C26H29NO4. The van der Waals surface area contributed by atoms with Gasteiger partial charge in [0, 0.05) is 18.5 Å². The minimum absolute atomic E-state index is 0.0211. The van der Waals surface area contributed by atoms with Crippen LogP contribution in [0.25, 0.3) is 10.8 Å². The first-order valence-electron chi connectivity index (χ1n) is 10.9. The van der Waals surface area contributed by atoms with Crippen molar-refractivity contribution in [3.8, 4) is 17.2 Å². The molecule has 0 saturated carbocycles. The van der Waals surface area contributed by atoms with Crippen molar-refractivity contribution in [2.45, 2.75) is 26.2 Å². The van der Waals surface area contributed by atoms with Crippen molar-refractivity contribution >= 4 is 16.6 Å². The van der Waals surface area contributed by atoms with Crippen LogP contribution in [-0.4, -0.2) is 48.6 Å². The lowest BCUT2D eigenvalue weighted by Crippen LogP contribution is -2.25. The number of benzene rings is 3. The summed E-state index contributed by atoms with van der Waals surface area (Å²) in [6.07, 6.45) is 3.24. The van der Waals surface area contributed by atoms with Crippen LogP contribution in [0.15, 0.2) is 54.6 Å². The maximum atomic E-state index is 11.4. The number of phenolic OH excluding ortho intramolecular Hbond substituents is 1. The monoisotopic (exact) mass is 419 g/mol. The molecule has 31 heavy (non-hydrogen) atoms. The summed E-state index contributed by atoms with van der Waals surface area (Å²) in [6, 6.07) is 17.2. The van der Waals surface area contributed by atoms with E-state index in [1.807, 2.05) is 30.3 Å². The molecule has 1 aliphatic heterocycles. The molecule has 1 aliphatic rings. The highest BCUT2D eigenvalue weighted by Crippen LogP contribution is 2.32. The number of ether oxygens (including phenoxy) is 2. The number of carbonyl (C=O) groups is 1. The highest BCUT2D eigenvalue weighted by Gasteiger charge is 2.13. The molecule has 0 atom stereocenters. The Hall–Kier alpha value is -3.05. The number of hydrogen-bond acceptors (Lipinski definition) is 5. The molecule has 1 heterocycles. The molecule has 162 valence electrons. The molecule has 0 spiro atoms. The normalized spacial score (nSPS) is 14.1. The molecule has 1 saturated heterocycles. The summed E-state index contributed by atoms with van der Waals surface area (Å²) in [7, 11) is 0. The molecule has 0 aliphatic carbocycles. The molecule has 3 aromatic carbocycles. The third-order valence-corrected chi connectivity index (χ3v) is 5.68. The van der Waals surface area contributed by atoms with Crippen molar-refractivity contribution in [1.29, 1.82) is 0 Å². The number of carbonyl (C=O) groups excluding carboxylic acids is 1. The molecule has 0 aromatic heterocycles. The maximum Gasteiger partial charge on any atom is 0.167 e. The Morgan fingerprint density at radius 3 is 2.52 bits per heavy atom. The Kier molecular flexibility index (Phi) is 6.73. The van der Waals surface area contributed by atoms with Gasteiger partial charge in [-0.1, -0.05) is 24.3 Å². The smallest absolute Gasteiger partial charge is 0.167 e. The highest BCUT2D eigenvalue weighted by atomic mass is 16.5. The summed E-state index contributed by atoms with van der Waals surface area (Å²) in [6.45, 7) is 5.59. The second-order valence-corrected chi connectivity index (χ2v) is 8.16. The number of Topliss-reactive ketones (excluding diaryl/α,β-unsaturated/α-hetero) is 1. The molecule has 0 radical (unpaired) electrons. The van der Waals surface area contributed by atoms with Gasteiger partial charge in [0.15, 0.2) is 5.78 Å². The van der Waals surface area contributed by atoms with Crippen LogP contribution in [0.2, 0.25) is 0 Å². The van der Waals surface area contributed by atoms with Crippen LogP contribution >= 0.6 is 0 Å². The quantitative estimate of drug-likeness (QED) is 0.550. The van der Waals surface area contributed by atoms with Crippen LogP contribution in [-0.2, 0) is 11.2 Å². The number of likely N-dealkylation sites (tertiary alicyclic amines) is 1. The average molecular weight is 420 g/mol. The Balaban J connectivity index is 1.49. The summed E-state index contributed by atoms with van der Waals surface area (Å²) in [5, 5.41) is 11.8. The standard InChI is InChI=1S/C26H29NO4/c1-19(28)18-31-26-11-6-21-17-22(29)7-10-24(21)25(26)16-20-4-8-23(9-5-20)30-15-14-27-12-2-3-13-27/h4-11,17,29H,2-3,12-16,18H2,1H3. The van der Waals surface area contributed by atoms with Crippen molar-refractivity contribution in [2.24, 2.45) is 0 Å². The lowest BCUT2D eigenvalue weighted by Gasteiger charge is -2.16. The largest absolute Gasteiger partial charge is 0.508 e. The first-order valence-corrected chi connectivity index (χ1v) is 10.9. The number of aromatic hydroxyl groups is 1. The Bertz CT molecular complexity index is 1040. The van der Waals surface area contributed by atoms with E-state index in [4.69, 9.17) is 9.47 Å². The Labute approximate surface area is 183 Å². The van der Waals surface area contributed by atoms with Gasteiger partial charge >= 0.3 is 0 Å². The van der Waals surface area contributed by atoms with E-state index in [1.165, 1.54) is 32.9 Å². The lowest BCUT2D eigenvalue weighted by molar-refractivity contribution is -0.118. The fraction of sp³-hybridized carbons (Fsp3) is 0.346. The second-order valence-electron chi connectivity index (χ2n) is 8.16.